The Kier molecular flexibility index (Phi) is 3.26. The third-order valence-electron chi connectivity index (χ3n) is 5.15. The number of alkyl halides is 1. The fraction of sp³-hybridized carbons (Fsp3) is 0.368. The van der Waals surface area contributed by atoms with Crippen LogP contribution in [0.1, 0.15) is 29.0 Å². The molecule has 0 spiro atoms. The molecule has 0 aromatic heterocycles. The number of halogens is 2. The highest BCUT2D eigenvalue weighted by Gasteiger charge is 2.55. The number of fused-ring (bicyclic) bond motifs is 3. The van der Waals surface area contributed by atoms with E-state index < -0.39 is 0 Å². The van der Waals surface area contributed by atoms with Gasteiger partial charge in [0.2, 0.25) is 0 Å². The van der Waals surface area contributed by atoms with Gasteiger partial charge in [0.15, 0.2) is 0 Å². The van der Waals surface area contributed by atoms with E-state index in [1.165, 1.54) is 36.1 Å². The number of benzene rings is 2. The van der Waals surface area contributed by atoms with Gasteiger partial charge in [0, 0.05) is 5.38 Å². The summed E-state index contributed by atoms with van der Waals surface area (Å²) >= 11 is 6.70. The summed E-state index contributed by atoms with van der Waals surface area (Å²) in [5.41, 5.74) is 4.16. The van der Waals surface area contributed by atoms with Crippen molar-refractivity contribution in [3.63, 3.8) is 0 Å². The number of aryl methyl sites for hydroxylation is 1. The second kappa shape index (κ2) is 5.14. The lowest BCUT2D eigenvalue weighted by Crippen LogP contribution is -2.08. The van der Waals surface area contributed by atoms with E-state index in [1.54, 1.807) is 0 Å². The molecule has 4 unspecified atom stereocenters. The zero-order chi connectivity index (χ0) is 14.4. The van der Waals surface area contributed by atoms with Crippen LogP contribution < -0.4 is 0 Å². The van der Waals surface area contributed by atoms with Gasteiger partial charge in [0.25, 0.3) is 0 Å². The van der Waals surface area contributed by atoms with Crippen molar-refractivity contribution >= 4 is 11.6 Å². The molecule has 0 bridgehead atoms. The molecule has 0 nitrogen and oxygen atoms in total. The molecule has 0 saturated heterocycles. The van der Waals surface area contributed by atoms with Crippen LogP contribution in [0.25, 0.3) is 0 Å². The van der Waals surface area contributed by atoms with E-state index in [-0.39, 0.29) is 11.2 Å². The minimum atomic E-state index is -0.182. The fourth-order valence-electron chi connectivity index (χ4n) is 4.09. The molecule has 2 heteroatoms. The first-order valence-corrected chi connectivity index (χ1v) is 8.14. The third-order valence-corrected chi connectivity index (χ3v) is 5.60. The summed E-state index contributed by atoms with van der Waals surface area (Å²) in [6.45, 7) is 0. The molecule has 4 atom stereocenters. The van der Waals surface area contributed by atoms with Crippen LogP contribution >= 0.6 is 11.6 Å². The number of hydrogen-bond donors (Lipinski definition) is 0. The van der Waals surface area contributed by atoms with Crippen LogP contribution in [0.4, 0.5) is 4.39 Å². The Bertz CT molecular complexity index is 649. The summed E-state index contributed by atoms with van der Waals surface area (Å²) in [5.74, 6) is 1.81. The highest BCUT2D eigenvalue weighted by Crippen LogP contribution is 2.62. The first-order valence-electron chi connectivity index (χ1n) is 7.70. The molecule has 0 radical (unpaired) electrons. The zero-order valence-corrected chi connectivity index (χ0v) is 12.6. The van der Waals surface area contributed by atoms with Crippen LogP contribution in [0.2, 0.25) is 0 Å². The quantitative estimate of drug-likeness (QED) is 0.703. The molecule has 1 fully saturated rings. The largest absolute Gasteiger partial charge is 0.207 e. The Morgan fingerprint density at radius 2 is 1.86 bits per heavy atom. The fourth-order valence-corrected chi connectivity index (χ4v) is 4.62. The molecule has 1 saturated carbocycles. The average molecular weight is 301 g/mol. The molecule has 2 aromatic rings. The maximum atomic E-state index is 13.0. The molecule has 0 N–H and O–H groups in total. The van der Waals surface area contributed by atoms with E-state index in [9.17, 15) is 4.39 Å². The third kappa shape index (κ3) is 2.38. The zero-order valence-electron chi connectivity index (χ0n) is 11.8. The molecule has 0 amide bonds. The van der Waals surface area contributed by atoms with E-state index in [2.05, 4.69) is 24.3 Å². The highest BCUT2D eigenvalue weighted by molar-refractivity contribution is 6.21. The van der Waals surface area contributed by atoms with Gasteiger partial charge in [0.05, 0.1) is 0 Å². The topological polar surface area (TPSA) is 0 Å². The normalized spacial score (nSPS) is 27.6. The average Bonchev–Trinajstić information content (AvgIpc) is 3.25. The maximum absolute atomic E-state index is 13.0. The SMILES string of the molecule is Fc1ccc(CC(Cl)C2C3CCc4ccccc4C32)cc1. The van der Waals surface area contributed by atoms with Crippen molar-refractivity contribution in [2.24, 2.45) is 11.8 Å². The van der Waals surface area contributed by atoms with Crippen molar-refractivity contribution in [2.45, 2.75) is 30.6 Å². The minimum Gasteiger partial charge on any atom is -0.207 e. The van der Waals surface area contributed by atoms with E-state index in [0.717, 1.165) is 17.9 Å². The summed E-state index contributed by atoms with van der Waals surface area (Å²) in [6, 6.07) is 15.5. The van der Waals surface area contributed by atoms with E-state index in [4.69, 9.17) is 11.6 Å². The van der Waals surface area contributed by atoms with Crippen molar-refractivity contribution in [3.8, 4) is 0 Å². The van der Waals surface area contributed by atoms with Gasteiger partial charge >= 0.3 is 0 Å². The van der Waals surface area contributed by atoms with Gasteiger partial charge in [-0.3, -0.25) is 0 Å². The summed E-state index contributed by atoms with van der Waals surface area (Å²) in [5, 5.41) is 0.150. The Balaban J connectivity index is 1.50. The highest BCUT2D eigenvalue weighted by atomic mass is 35.5. The summed E-state index contributed by atoms with van der Waals surface area (Å²) in [7, 11) is 0. The Labute approximate surface area is 130 Å². The lowest BCUT2D eigenvalue weighted by atomic mass is 9.92. The second-order valence-corrected chi connectivity index (χ2v) is 6.91. The van der Waals surface area contributed by atoms with Crippen LogP contribution in [0.5, 0.6) is 0 Å². The van der Waals surface area contributed by atoms with Gasteiger partial charge in [-0.15, -0.1) is 11.6 Å². The molecule has 4 rings (SSSR count). The van der Waals surface area contributed by atoms with Crippen LogP contribution in [0, 0.1) is 17.7 Å². The van der Waals surface area contributed by atoms with Crippen molar-refractivity contribution in [1.29, 1.82) is 0 Å². The van der Waals surface area contributed by atoms with Crippen LogP contribution in [0.15, 0.2) is 48.5 Å². The molecule has 2 aliphatic rings. The Hall–Kier alpha value is -1.34. The van der Waals surface area contributed by atoms with E-state index in [0.29, 0.717) is 11.8 Å². The monoisotopic (exact) mass is 300 g/mol. The van der Waals surface area contributed by atoms with Gasteiger partial charge in [0.1, 0.15) is 5.82 Å². The molecule has 2 aliphatic carbocycles. The maximum Gasteiger partial charge on any atom is 0.123 e. The van der Waals surface area contributed by atoms with Crippen molar-refractivity contribution < 1.29 is 4.39 Å². The van der Waals surface area contributed by atoms with Gasteiger partial charge in [-0.25, -0.2) is 4.39 Å². The first kappa shape index (κ1) is 13.3. The predicted octanol–water partition coefficient (Wildman–Crippen LogP) is 4.95. The smallest absolute Gasteiger partial charge is 0.123 e. The van der Waals surface area contributed by atoms with Gasteiger partial charge in [-0.05, 0) is 65.8 Å². The molecular formula is C19H18ClF. The minimum absolute atomic E-state index is 0.150. The molecule has 108 valence electrons. The van der Waals surface area contributed by atoms with Gasteiger partial charge in [-0.1, -0.05) is 36.4 Å². The molecule has 0 heterocycles. The number of hydrogen-bond acceptors (Lipinski definition) is 0. The van der Waals surface area contributed by atoms with Gasteiger partial charge in [-0.2, -0.15) is 0 Å². The standard InChI is InChI=1S/C19H18ClF/c20-17(11-12-5-8-14(21)9-6-12)19-16-10-7-13-3-1-2-4-15(13)18(16)19/h1-6,8-9,16-19H,7,10-11H2. The van der Waals surface area contributed by atoms with Crippen molar-refractivity contribution in [2.75, 3.05) is 0 Å². The molecular weight excluding hydrogens is 283 g/mol. The van der Waals surface area contributed by atoms with E-state index in [1.807, 2.05) is 12.1 Å². The summed E-state index contributed by atoms with van der Waals surface area (Å²) in [6.07, 6.45) is 3.29. The lowest BCUT2D eigenvalue weighted by Gasteiger charge is -2.13. The predicted molar refractivity (Wildman–Crippen MR) is 84.2 cm³/mol. The Morgan fingerprint density at radius 1 is 1.10 bits per heavy atom. The molecule has 2 aromatic carbocycles. The molecule has 21 heavy (non-hydrogen) atoms. The van der Waals surface area contributed by atoms with Crippen LogP contribution in [-0.2, 0) is 12.8 Å². The number of rotatable bonds is 3. The summed E-state index contributed by atoms with van der Waals surface area (Å²) in [4.78, 5) is 0. The summed E-state index contributed by atoms with van der Waals surface area (Å²) < 4.78 is 13.0. The first-order chi connectivity index (χ1) is 10.2. The molecule has 0 aliphatic heterocycles. The van der Waals surface area contributed by atoms with Gasteiger partial charge < -0.3 is 0 Å². The lowest BCUT2D eigenvalue weighted by molar-refractivity contribution is 0.607. The van der Waals surface area contributed by atoms with E-state index >= 15 is 0 Å². The Morgan fingerprint density at radius 3 is 2.67 bits per heavy atom. The van der Waals surface area contributed by atoms with Crippen LogP contribution in [-0.4, -0.2) is 5.38 Å². The van der Waals surface area contributed by atoms with Crippen LogP contribution in [0.3, 0.4) is 0 Å². The van der Waals surface area contributed by atoms with Crippen molar-refractivity contribution in [3.05, 3.63) is 71.0 Å². The second-order valence-electron chi connectivity index (χ2n) is 6.35. The van der Waals surface area contributed by atoms with Crippen molar-refractivity contribution in [1.82, 2.24) is 0 Å².